The van der Waals surface area contributed by atoms with Gasteiger partial charge in [-0.3, -0.25) is 14.4 Å². The van der Waals surface area contributed by atoms with E-state index in [-0.39, 0.29) is 42.8 Å². The highest BCUT2D eigenvalue weighted by atomic mass is 35.5. The van der Waals surface area contributed by atoms with E-state index >= 15 is 0 Å². The van der Waals surface area contributed by atoms with E-state index in [0.717, 1.165) is 46.2 Å². The van der Waals surface area contributed by atoms with E-state index in [4.69, 9.17) is 26.2 Å². The van der Waals surface area contributed by atoms with Crippen LogP contribution in [0.4, 0.5) is 0 Å². The number of nitrogens with one attached hydrogen (secondary N) is 1. The van der Waals surface area contributed by atoms with Crippen LogP contribution in [-0.2, 0) is 20.9 Å². The van der Waals surface area contributed by atoms with Gasteiger partial charge in [0, 0.05) is 50.1 Å². The van der Waals surface area contributed by atoms with Gasteiger partial charge in [-0.25, -0.2) is 0 Å². The first-order valence-corrected chi connectivity index (χ1v) is 17.9. The summed E-state index contributed by atoms with van der Waals surface area (Å²) in [5.74, 6) is 0.365. The molecule has 2 bridgehead atoms. The fourth-order valence-corrected chi connectivity index (χ4v) is 7.20. The first-order valence-electron chi connectivity index (χ1n) is 17.5. The minimum atomic E-state index is -0.906. The highest BCUT2D eigenvalue weighted by Crippen LogP contribution is 2.38. The molecule has 264 valence electrons. The summed E-state index contributed by atoms with van der Waals surface area (Å²) in [4.78, 5) is 42.8. The first-order chi connectivity index (χ1) is 24.1. The van der Waals surface area contributed by atoms with E-state index in [1.54, 1.807) is 0 Å². The van der Waals surface area contributed by atoms with Crippen LogP contribution in [0.5, 0.6) is 11.5 Å². The van der Waals surface area contributed by atoms with Gasteiger partial charge >= 0.3 is 5.97 Å². The molecule has 6 rings (SSSR count). The number of aliphatic carboxylic acids is 1. The summed E-state index contributed by atoms with van der Waals surface area (Å²) in [7, 11) is 0. The van der Waals surface area contributed by atoms with E-state index in [0.29, 0.717) is 67.8 Å². The molecule has 50 heavy (non-hydrogen) atoms. The number of carboxylic acid groups (broad SMARTS) is 1. The van der Waals surface area contributed by atoms with Crippen molar-refractivity contribution in [2.75, 3.05) is 26.3 Å². The quantitative estimate of drug-likeness (QED) is 0.185. The maximum Gasteiger partial charge on any atom is 0.303 e. The molecular weight excluding hydrogens is 654 g/mol. The molecule has 3 aromatic rings. The van der Waals surface area contributed by atoms with E-state index in [1.165, 1.54) is 0 Å². The number of benzene rings is 3. The Morgan fingerprint density at radius 1 is 0.920 bits per heavy atom. The molecule has 10 heteroatoms. The van der Waals surface area contributed by atoms with Crippen LogP contribution >= 0.6 is 11.6 Å². The topological polar surface area (TPSA) is 108 Å². The standard InChI is InChI=1S/C40H46ClN3O6/c1-25-7-4-5-8-29(25)22-44(31-13-14-31)40(48)39-33(21-30-23-43(24-35(39)42-30)37(45)9-6-10-38(46)47)28-11-15-32(16-12-28)49-17-18-50-36-20-27(3)26(2)19-34(36)41/h4-5,7-8,11-12,15-16,19-20,30-31,35,42H,6,9-10,13-14,17-18,21-24H2,1-3H3,(H,46,47). The predicted molar refractivity (Wildman–Crippen MR) is 193 cm³/mol. The lowest BCUT2D eigenvalue weighted by Crippen LogP contribution is -2.62. The lowest BCUT2D eigenvalue weighted by atomic mass is 9.82. The Labute approximate surface area is 299 Å². The number of rotatable bonds is 14. The number of piperazine rings is 1. The van der Waals surface area contributed by atoms with Crippen molar-refractivity contribution in [1.29, 1.82) is 0 Å². The fourth-order valence-electron chi connectivity index (χ4n) is 6.93. The Bertz CT molecular complexity index is 1770. The molecule has 9 nitrogen and oxygen atoms in total. The number of amides is 2. The summed E-state index contributed by atoms with van der Waals surface area (Å²) in [6.07, 6.45) is 2.97. The Kier molecular flexibility index (Phi) is 11.1. The summed E-state index contributed by atoms with van der Waals surface area (Å²) in [5, 5.41) is 13.3. The summed E-state index contributed by atoms with van der Waals surface area (Å²) < 4.78 is 11.9. The third-order valence-corrected chi connectivity index (χ3v) is 10.3. The Morgan fingerprint density at radius 3 is 2.36 bits per heavy atom. The molecule has 2 N–H and O–H groups in total. The normalized spacial score (nSPS) is 18.5. The Morgan fingerprint density at radius 2 is 1.64 bits per heavy atom. The third kappa shape index (κ3) is 8.50. The van der Waals surface area contributed by atoms with Crippen LogP contribution in [0.25, 0.3) is 5.57 Å². The van der Waals surface area contributed by atoms with Gasteiger partial charge in [0.15, 0.2) is 0 Å². The van der Waals surface area contributed by atoms with E-state index < -0.39 is 5.97 Å². The first kappa shape index (κ1) is 35.5. The number of hydrogen-bond acceptors (Lipinski definition) is 6. The Hall–Kier alpha value is -4.34. The van der Waals surface area contributed by atoms with Gasteiger partial charge in [-0.1, -0.05) is 48.0 Å². The van der Waals surface area contributed by atoms with Crippen molar-refractivity contribution in [2.24, 2.45) is 0 Å². The average Bonchev–Trinajstić information content (AvgIpc) is 3.93. The molecule has 2 unspecified atom stereocenters. The molecule has 2 fully saturated rings. The third-order valence-electron chi connectivity index (χ3n) is 9.98. The van der Waals surface area contributed by atoms with E-state index in [2.05, 4.69) is 24.4 Å². The molecule has 0 spiro atoms. The second-order valence-corrected chi connectivity index (χ2v) is 14.1. The van der Waals surface area contributed by atoms with Crippen LogP contribution in [-0.4, -0.2) is 77.1 Å². The summed E-state index contributed by atoms with van der Waals surface area (Å²) in [6.45, 7) is 8.20. The molecule has 2 amide bonds. The van der Waals surface area contributed by atoms with Crippen molar-refractivity contribution in [2.45, 2.75) is 84.0 Å². The predicted octanol–water partition coefficient (Wildman–Crippen LogP) is 6.50. The number of ether oxygens (including phenoxy) is 2. The average molecular weight is 700 g/mol. The van der Waals surface area contributed by atoms with Crippen LogP contribution in [0.3, 0.4) is 0 Å². The van der Waals surface area contributed by atoms with Crippen LogP contribution in [0.2, 0.25) is 5.02 Å². The number of carboxylic acids is 1. The van der Waals surface area contributed by atoms with Crippen LogP contribution in [0, 0.1) is 20.8 Å². The number of hydrogen-bond donors (Lipinski definition) is 2. The summed E-state index contributed by atoms with van der Waals surface area (Å²) in [6, 6.07) is 19.7. The molecule has 3 aliphatic rings. The highest BCUT2D eigenvalue weighted by Gasteiger charge is 2.43. The van der Waals surface area contributed by atoms with Crippen molar-refractivity contribution in [3.63, 3.8) is 0 Å². The maximum atomic E-state index is 14.7. The van der Waals surface area contributed by atoms with Crippen molar-refractivity contribution in [1.82, 2.24) is 15.1 Å². The summed E-state index contributed by atoms with van der Waals surface area (Å²) >= 11 is 6.36. The molecule has 2 heterocycles. The fraction of sp³-hybridized carbons (Fsp3) is 0.425. The number of carbonyl (C=O) groups excluding carboxylic acids is 2. The van der Waals surface area contributed by atoms with Gasteiger partial charge in [-0.2, -0.15) is 0 Å². The lowest BCUT2D eigenvalue weighted by Gasteiger charge is -2.45. The molecule has 1 saturated carbocycles. The zero-order valence-corrected chi connectivity index (χ0v) is 29.8. The van der Waals surface area contributed by atoms with Crippen molar-refractivity contribution >= 4 is 35.0 Å². The zero-order valence-electron chi connectivity index (χ0n) is 29.0. The van der Waals surface area contributed by atoms with Gasteiger partial charge in [0.05, 0.1) is 11.1 Å². The molecular formula is C40H46ClN3O6. The second kappa shape index (κ2) is 15.7. The van der Waals surface area contributed by atoms with E-state index in [9.17, 15) is 14.4 Å². The maximum absolute atomic E-state index is 14.7. The summed E-state index contributed by atoms with van der Waals surface area (Å²) in [5.41, 5.74) is 7.16. The number of fused-ring (bicyclic) bond motifs is 2. The van der Waals surface area contributed by atoms with Gasteiger partial charge in [-0.15, -0.1) is 0 Å². The molecule has 1 aliphatic carbocycles. The second-order valence-electron chi connectivity index (χ2n) is 13.7. The van der Waals surface area contributed by atoms with Gasteiger partial charge < -0.3 is 29.7 Å². The highest BCUT2D eigenvalue weighted by molar-refractivity contribution is 6.32. The number of carbonyl (C=O) groups is 3. The largest absolute Gasteiger partial charge is 0.490 e. The molecule has 0 aromatic heterocycles. The van der Waals surface area contributed by atoms with Crippen molar-refractivity contribution in [3.05, 3.63) is 99.1 Å². The Balaban J connectivity index is 1.22. The lowest BCUT2D eigenvalue weighted by molar-refractivity contribution is -0.138. The minimum Gasteiger partial charge on any atom is -0.490 e. The van der Waals surface area contributed by atoms with Crippen LogP contribution in [0.15, 0.2) is 66.2 Å². The van der Waals surface area contributed by atoms with E-state index in [1.807, 2.05) is 72.2 Å². The van der Waals surface area contributed by atoms with Gasteiger partial charge in [0.2, 0.25) is 5.91 Å². The van der Waals surface area contributed by atoms with Crippen molar-refractivity contribution in [3.8, 4) is 11.5 Å². The van der Waals surface area contributed by atoms with Gasteiger partial charge in [0.25, 0.3) is 5.91 Å². The number of aryl methyl sites for hydroxylation is 3. The zero-order chi connectivity index (χ0) is 35.4. The van der Waals surface area contributed by atoms with Crippen molar-refractivity contribution < 1.29 is 29.0 Å². The molecule has 0 radical (unpaired) electrons. The molecule has 3 aromatic carbocycles. The monoisotopic (exact) mass is 699 g/mol. The smallest absolute Gasteiger partial charge is 0.303 e. The molecule has 1 saturated heterocycles. The van der Waals surface area contributed by atoms with Gasteiger partial charge in [0.1, 0.15) is 24.7 Å². The molecule has 2 atom stereocenters. The number of halogens is 1. The van der Waals surface area contributed by atoms with Crippen LogP contribution in [0.1, 0.15) is 66.3 Å². The van der Waals surface area contributed by atoms with Gasteiger partial charge in [-0.05, 0) is 104 Å². The molecule has 2 aliphatic heterocycles. The minimum absolute atomic E-state index is 0.00403. The van der Waals surface area contributed by atoms with Crippen LogP contribution < -0.4 is 14.8 Å². The number of nitrogens with zero attached hydrogens (tertiary/aromatic N) is 2. The SMILES string of the molecule is Cc1cc(Cl)c(OCCOc2ccc(C3=C(C(=O)N(Cc4ccccc4C)C4CC4)C4CN(C(=O)CCCC(=O)O)CC(C3)N4)cc2)cc1C.